The number of fused-ring (bicyclic) bond motifs is 1. The van der Waals surface area contributed by atoms with Gasteiger partial charge in [-0.3, -0.25) is 4.98 Å². The molecule has 1 aliphatic carbocycles. The molecule has 2 aromatic heterocycles. The van der Waals surface area contributed by atoms with Crippen molar-refractivity contribution in [2.75, 3.05) is 0 Å². The van der Waals surface area contributed by atoms with E-state index in [9.17, 15) is 0 Å². The lowest BCUT2D eigenvalue weighted by molar-refractivity contribution is 0.611. The van der Waals surface area contributed by atoms with E-state index in [1.54, 1.807) is 18.6 Å². The van der Waals surface area contributed by atoms with E-state index in [1.807, 2.05) is 10.9 Å². The highest BCUT2D eigenvalue weighted by Gasteiger charge is 2.20. The Bertz CT molecular complexity index is 505. The van der Waals surface area contributed by atoms with E-state index < -0.39 is 0 Å². The number of hydrogen-bond donors (Lipinski definition) is 1. The van der Waals surface area contributed by atoms with Crippen molar-refractivity contribution in [2.24, 2.45) is 5.73 Å². The minimum atomic E-state index is 0.109. The van der Waals surface area contributed by atoms with Crippen molar-refractivity contribution < 1.29 is 0 Å². The molecule has 0 aliphatic heterocycles. The van der Waals surface area contributed by atoms with Gasteiger partial charge in [-0.2, -0.15) is 5.10 Å². The van der Waals surface area contributed by atoms with Gasteiger partial charge in [-0.1, -0.05) is 6.42 Å². The third kappa shape index (κ3) is 1.82. The zero-order valence-electron chi connectivity index (χ0n) is 9.58. The summed E-state index contributed by atoms with van der Waals surface area (Å²) >= 11 is 0. The molecule has 0 saturated heterocycles. The molecule has 2 aromatic rings. The summed E-state index contributed by atoms with van der Waals surface area (Å²) in [6.45, 7) is 0. The summed E-state index contributed by atoms with van der Waals surface area (Å²) < 4.78 is 1.87. The molecule has 0 radical (unpaired) electrons. The molecule has 0 bridgehead atoms. The van der Waals surface area contributed by atoms with E-state index in [0.29, 0.717) is 0 Å². The molecule has 1 atom stereocenters. The lowest BCUT2D eigenvalue weighted by atomic mass is 10.1. The zero-order chi connectivity index (χ0) is 11.7. The van der Waals surface area contributed by atoms with Gasteiger partial charge in [0, 0.05) is 24.0 Å². The standard InChI is InChI=1S/C12H15N5/c13-10-3-1-2-4-11-9(10)7-16-17(11)12-8-14-5-6-15-12/h5-8,10H,1-4,13H2. The van der Waals surface area contributed by atoms with Crippen molar-refractivity contribution in [1.29, 1.82) is 0 Å². The molecule has 88 valence electrons. The fourth-order valence-electron chi connectivity index (χ4n) is 2.36. The van der Waals surface area contributed by atoms with Crippen molar-refractivity contribution >= 4 is 0 Å². The van der Waals surface area contributed by atoms with Crippen molar-refractivity contribution in [3.8, 4) is 5.82 Å². The van der Waals surface area contributed by atoms with Crippen molar-refractivity contribution in [1.82, 2.24) is 19.7 Å². The molecule has 2 N–H and O–H groups in total. The SMILES string of the molecule is NC1CCCCc2c1cnn2-c1cnccn1. The zero-order valence-corrected chi connectivity index (χ0v) is 9.58. The average molecular weight is 229 g/mol. The summed E-state index contributed by atoms with van der Waals surface area (Å²) in [6, 6.07) is 0.109. The van der Waals surface area contributed by atoms with Gasteiger partial charge < -0.3 is 5.73 Å². The van der Waals surface area contributed by atoms with Crippen LogP contribution in [0.2, 0.25) is 0 Å². The summed E-state index contributed by atoms with van der Waals surface area (Å²) in [4.78, 5) is 8.36. The van der Waals surface area contributed by atoms with Crippen LogP contribution in [0.15, 0.2) is 24.8 Å². The lowest BCUT2D eigenvalue weighted by Gasteiger charge is -2.08. The van der Waals surface area contributed by atoms with Crippen LogP contribution in [0.3, 0.4) is 0 Å². The predicted molar refractivity (Wildman–Crippen MR) is 63.6 cm³/mol. The van der Waals surface area contributed by atoms with Crippen LogP contribution in [0.5, 0.6) is 0 Å². The first-order valence-corrected chi connectivity index (χ1v) is 5.95. The van der Waals surface area contributed by atoms with Crippen LogP contribution in [0.1, 0.15) is 36.6 Å². The second kappa shape index (κ2) is 4.25. The fraction of sp³-hybridized carbons (Fsp3) is 0.417. The van der Waals surface area contributed by atoms with Crippen LogP contribution in [-0.2, 0) is 6.42 Å². The first kappa shape index (κ1) is 10.4. The summed E-state index contributed by atoms with van der Waals surface area (Å²) in [6.07, 6.45) is 11.3. The Balaban J connectivity index is 2.08. The number of rotatable bonds is 1. The van der Waals surface area contributed by atoms with Gasteiger partial charge in [0.15, 0.2) is 5.82 Å². The minimum absolute atomic E-state index is 0.109. The summed E-state index contributed by atoms with van der Waals surface area (Å²) in [5, 5.41) is 4.39. The van der Waals surface area contributed by atoms with Gasteiger partial charge in [0.1, 0.15) is 0 Å². The third-order valence-corrected chi connectivity index (χ3v) is 3.25. The Hall–Kier alpha value is -1.75. The Morgan fingerprint density at radius 2 is 2.18 bits per heavy atom. The van der Waals surface area contributed by atoms with Gasteiger partial charge in [-0.05, 0) is 19.3 Å². The lowest BCUT2D eigenvalue weighted by Crippen LogP contribution is -2.10. The maximum Gasteiger partial charge on any atom is 0.172 e. The maximum absolute atomic E-state index is 6.15. The van der Waals surface area contributed by atoms with Crippen molar-refractivity contribution in [3.05, 3.63) is 36.0 Å². The molecule has 0 fully saturated rings. The second-order valence-corrected chi connectivity index (χ2v) is 4.37. The van der Waals surface area contributed by atoms with Crippen LogP contribution >= 0.6 is 0 Å². The van der Waals surface area contributed by atoms with Crippen LogP contribution in [0.25, 0.3) is 5.82 Å². The average Bonchev–Trinajstić information content (AvgIpc) is 2.71. The number of nitrogens with zero attached hydrogens (tertiary/aromatic N) is 4. The van der Waals surface area contributed by atoms with Crippen LogP contribution < -0.4 is 5.73 Å². The maximum atomic E-state index is 6.15. The monoisotopic (exact) mass is 229 g/mol. The largest absolute Gasteiger partial charge is 0.324 e. The second-order valence-electron chi connectivity index (χ2n) is 4.37. The van der Waals surface area contributed by atoms with E-state index in [0.717, 1.165) is 30.6 Å². The Morgan fingerprint density at radius 3 is 3.00 bits per heavy atom. The van der Waals surface area contributed by atoms with Crippen LogP contribution in [0.4, 0.5) is 0 Å². The number of hydrogen-bond acceptors (Lipinski definition) is 4. The summed E-state index contributed by atoms with van der Waals surface area (Å²) in [5.74, 6) is 0.767. The topological polar surface area (TPSA) is 69.6 Å². The Kier molecular flexibility index (Phi) is 2.60. The molecule has 5 heteroatoms. The molecule has 3 rings (SSSR count). The van der Waals surface area contributed by atoms with E-state index >= 15 is 0 Å². The highest BCUT2D eigenvalue weighted by molar-refractivity contribution is 5.30. The van der Waals surface area contributed by atoms with Gasteiger partial charge in [-0.15, -0.1) is 0 Å². The van der Waals surface area contributed by atoms with E-state index in [2.05, 4.69) is 15.1 Å². The highest BCUT2D eigenvalue weighted by Crippen LogP contribution is 2.27. The predicted octanol–water partition coefficient (Wildman–Crippen LogP) is 1.39. The van der Waals surface area contributed by atoms with E-state index in [4.69, 9.17) is 5.73 Å². The molecule has 2 heterocycles. The number of nitrogens with two attached hydrogens (primary N) is 1. The Labute approximate surface area is 99.7 Å². The normalized spacial score (nSPS) is 19.7. The Morgan fingerprint density at radius 1 is 1.24 bits per heavy atom. The van der Waals surface area contributed by atoms with Gasteiger partial charge in [-0.25, -0.2) is 9.67 Å². The molecule has 0 spiro atoms. The molecule has 17 heavy (non-hydrogen) atoms. The quantitative estimate of drug-likeness (QED) is 0.750. The van der Waals surface area contributed by atoms with E-state index in [1.165, 1.54) is 12.1 Å². The van der Waals surface area contributed by atoms with Gasteiger partial charge in [0.2, 0.25) is 0 Å². The van der Waals surface area contributed by atoms with Crippen LogP contribution in [-0.4, -0.2) is 19.7 Å². The molecule has 0 aromatic carbocycles. The van der Waals surface area contributed by atoms with Crippen molar-refractivity contribution in [3.63, 3.8) is 0 Å². The fourth-order valence-corrected chi connectivity index (χ4v) is 2.36. The van der Waals surface area contributed by atoms with Gasteiger partial charge in [0.05, 0.1) is 18.1 Å². The molecular formula is C12H15N5. The summed E-state index contributed by atoms with van der Waals surface area (Å²) in [7, 11) is 0. The first-order chi connectivity index (χ1) is 8.36. The van der Waals surface area contributed by atoms with Crippen molar-refractivity contribution in [2.45, 2.75) is 31.7 Å². The van der Waals surface area contributed by atoms with Gasteiger partial charge >= 0.3 is 0 Å². The van der Waals surface area contributed by atoms with Gasteiger partial charge in [0.25, 0.3) is 0 Å². The molecule has 1 aliphatic rings. The number of aromatic nitrogens is 4. The molecule has 0 amide bonds. The highest BCUT2D eigenvalue weighted by atomic mass is 15.3. The minimum Gasteiger partial charge on any atom is -0.324 e. The van der Waals surface area contributed by atoms with Crippen LogP contribution in [0, 0.1) is 0 Å². The smallest absolute Gasteiger partial charge is 0.172 e. The summed E-state index contributed by atoms with van der Waals surface area (Å²) in [5.41, 5.74) is 8.50. The molecule has 5 nitrogen and oxygen atoms in total. The molecule has 0 saturated carbocycles. The molecule has 1 unspecified atom stereocenters. The van der Waals surface area contributed by atoms with E-state index in [-0.39, 0.29) is 6.04 Å². The first-order valence-electron chi connectivity index (χ1n) is 5.95. The molecular weight excluding hydrogens is 214 g/mol. The third-order valence-electron chi connectivity index (χ3n) is 3.25.